The highest BCUT2D eigenvalue weighted by atomic mass is 16.5. The molecule has 0 amide bonds. The Balaban J connectivity index is 2.33. The molecule has 2 aliphatic heterocycles. The molecule has 0 aromatic carbocycles. The second kappa shape index (κ2) is 3.62. The van der Waals surface area contributed by atoms with Gasteiger partial charge in [0.05, 0.1) is 27.0 Å². The Morgan fingerprint density at radius 1 is 1.36 bits per heavy atom. The van der Waals surface area contributed by atoms with Crippen LogP contribution in [0.15, 0.2) is 41.5 Å². The van der Waals surface area contributed by atoms with Crippen molar-refractivity contribution < 1.29 is 9.47 Å². The van der Waals surface area contributed by atoms with E-state index in [4.69, 9.17) is 9.47 Å². The van der Waals surface area contributed by atoms with Crippen LogP contribution in [0.1, 0.15) is 0 Å². The van der Waals surface area contributed by atoms with Crippen molar-refractivity contribution in [2.75, 3.05) is 20.8 Å². The zero-order valence-electron chi connectivity index (χ0n) is 8.28. The molecule has 0 unspecified atom stereocenters. The first-order valence-corrected chi connectivity index (χ1v) is 4.41. The summed E-state index contributed by atoms with van der Waals surface area (Å²) >= 11 is 0. The van der Waals surface area contributed by atoms with Crippen molar-refractivity contribution in [1.29, 1.82) is 0 Å². The predicted octanol–water partition coefficient (Wildman–Crippen LogP) is 1.58. The highest BCUT2D eigenvalue weighted by Crippen LogP contribution is 2.24. The van der Waals surface area contributed by atoms with E-state index in [1.54, 1.807) is 14.2 Å². The largest absolute Gasteiger partial charge is 0.495 e. The molecule has 2 rings (SSSR count). The molecule has 14 heavy (non-hydrogen) atoms. The van der Waals surface area contributed by atoms with Crippen molar-refractivity contribution in [2.45, 2.75) is 0 Å². The fraction of sp³-hybridized carbons (Fsp3) is 0.273. The van der Waals surface area contributed by atoms with Crippen LogP contribution in [-0.2, 0) is 9.47 Å². The van der Waals surface area contributed by atoms with E-state index in [1.807, 2.05) is 29.2 Å². The van der Waals surface area contributed by atoms with Crippen LogP contribution in [-0.4, -0.2) is 25.7 Å². The van der Waals surface area contributed by atoms with Crippen molar-refractivity contribution in [2.24, 2.45) is 0 Å². The maximum atomic E-state index is 5.23. The second-order valence-corrected chi connectivity index (χ2v) is 3.01. The SMILES string of the molecule is COC1=C(OC)CN2[C]=CC=CC2=C1. The Hall–Kier alpha value is -1.64. The van der Waals surface area contributed by atoms with Gasteiger partial charge in [-0.3, -0.25) is 0 Å². The number of nitrogens with zero attached hydrogens (tertiary/aromatic N) is 1. The van der Waals surface area contributed by atoms with Crippen LogP contribution in [0.3, 0.4) is 0 Å². The summed E-state index contributed by atoms with van der Waals surface area (Å²) in [5.41, 5.74) is 1.07. The summed E-state index contributed by atoms with van der Waals surface area (Å²) in [6, 6.07) is 0. The van der Waals surface area contributed by atoms with Gasteiger partial charge < -0.3 is 14.4 Å². The molecule has 0 saturated heterocycles. The van der Waals surface area contributed by atoms with E-state index >= 15 is 0 Å². The van der Waals surface area contributed by atoms with Crippen LogP contribution >= 0.6 is 0 Å². The molecular formula is C11H12NO2. The van der Waals surface area contributed by atoms with E-state index in [0.29, 0.717) is 6.54 Å². The lowest BCUT2D eigenvalue weighted by molar-refractivity contribution is 0.201. The third kappa shape index (κ3) is 1.41. The van der Waals surface area contributed by atoms with Gasteiger partial charge >= 0.3 is 0 Å². The van der Waals surface area contributed by atoms with Crippen LogP contribution < -0.4 is 0 Å². The molecule has 0 saturated carbocycles. The van der Waals surface area contributed by atoms with Gasteiger partial charge in [0.15, 0.2) is 11.5 Å². The molecule has 0 aromatic heterocycles. The highest BCUT2D eigenvalue weighted by molar-refractivity contribution is 5.36. The van der Waals surface area contributed by atoms with Crippen molar-refractivity contribution >= 4 is 0 Å². The zero-order chi connectivity index (χ0) is 9.97. The summed E-state index contributed by atoms with van der Waals surface area (Å²) in [6.45, 7) is 0.673. The Labute approximate surface area is 83.6 Å². The number of fused-ring (bicyclic) bond motifs is 1. The smallest absolute Gasteiger partial charge is 0.160 e. The predicted molar refractivity (Wildman–Crippen MR) is 52.8 cm³/mol. The van der Waals surface area contributed by atoms with Gasteiger partial charge in [-0.05, 0) is 12.2 Å². The molecule has 0 N–H and O–H groups in total. The number of rotatable bonds is 2. The number of methoxy groups -OCH3 is 2. The third-order valence-electron chi connectivity index (χ3n) is 2.23. The summed E-state index contributed by atoms with van der Waals surface area (Å²) in [7, 11) is 3.30. The van der Waals surface area contributed by atoms with Crippen molar-refractivity contribution in [3.63, 3.8) is 0 Å². The minimum absolute atomic E-state index is 0.673. The van der Waals surface area contributed by atoms with Gasteiger partial charge in [0.1, 0.15) is 0 Å². The van der Waals surface area contributed by atoms with Gasteiger partial charge in [0, 0.05) is 11.8 Å². The molecule has 0 spiro atoms. The molecule has 1 radical (unpaired) electrons. The van der Waals surface area contributed by atoms with Gasteiger partial charge in [-0.2, -0.15) is 0 Å². The molecule has 73 valence electrons. The summed E-state index contributed by atoms with van der Waals surface area (Å²) in [5.74, 6) is 1.61. The van der Waals surface area contributed by atoms with Gasteiger partial charge in [-0.1, -0.05) is 6.08 Å². The molecule has 0 bridgehead atoms. The van der Waals surface area contributed by atoms with Crippen LogP contribution in [0.25, 0.3) is 0 Å². The lowest BCUT2D eigenvalue weighted by Gasteiger charge is -2.28. The van der Waals surface area contributed by atoms with E-state index in [9.17, 15) is 0 Å². The van der Waals surface area contributed by atoms with E-state index in [-0.39, 0.29) is 0 Å². The van der Waals surface area contributed by atoms with Gasteiger partial charge in [0.25, 0.3) is 0 Å². The van der Waals surface area contributed by atoms with E-state index < -0.39 is 0 Å². The van der Waals surface area contributed by atoms with Gasteiger partial charge in [-0.25, -0.2) is 0 Å². The Morgan fingerprint density at radius 2 is 2.21 bits per heavy atom. The molecule has 3 heteroatoms. The van der Waals surface area contributed by atoms with Crippen LogP contribution in [0.2, 0.25) is 0 Å². The molecule has 3 nitrogen and oxygen atoms in total. The first kappa shape index (κ1) is 8.94. The fourth-order valence-electron chi connectivity index (χ4n) is 1.48. The summed E-state index contributed by atoms with van der Waals surface area (Å²) in [5, 5.41) is 0. The van der Waals surface area contributed by atoms with E-state index in [2.05, 4.69) is 6.20 Å². The highest BCUT2D eigenvalue weighted by Gasteiger charge is 2.19. The number of hydrogen-bond acceptors (Lipinski definition) is 3. The fourth-order valence-corrected chi connectivity index (χ4v) is 1.48. The molecule has 0 atom stereocenters. The van der Waals surface area contributed by atoms with E-state index in [0.717, 1.165) is 17.2 Å². The average molecular weight is 190 g/mol. The maximum Gasteiger partial charge on any atom is 0.160 e. The first-order chi connectivity index (χ1) is 6.85. The van der Waals surface area contributed by atoms with Gasteiger partial charge in [0.2, 0.25) is 0 Å². The molecule has 2 heterocycles. The normalized spacial score (nSPS) is 19.3. The van der Waals surface area contributed by atoms with Crippen LogP contribution in [0.5, 0.6) is 0 Å². The monoisotopic (exact) mass is 190 g/mol. The minimum Gasteiger partial charge on any atom is -0.495 e. The summed E-state index contributed by atoms with van der Waals surface area (Å²) in [4.78, 5) is 1.99. The standard InChI is InChI=1S/C11H12NO2/c1-13-10-7-9-5-3-4-6-12(9)8-11(10)14-2/h3-5,7H,8H2,1-2H3. The zero-order valence-corrected chi connectivity index (χ0v) is 8.28. The minimum atomic E-state index is 0.673. The van der Waals surface area contributed by atoms with Crippen molar-refractivity contribution in [3.8, 4) is 0 Å². The van der Waals surface area contributed by atoms with Crippen molar-refractivity contribution in [3.05, 3.63) is 47.7 Å². The van der Waals surface area contributed by atoms with Crippen LogP contribution in [0, 0.1) is 6.20 Å². The van der Waals surface area contributed by atoms with E-state index in [1.165, 1.54) is 0 Å². The van der Waals surface area contributed by atoms with Crippen molar-refractivity contribution in [1.82, 2.24) is 4.90 Å². The van der Waals surface area contributed by atoms with Crippen LogP contribution in [0.4, 0.5) is 0 Å². The number of ether oxygens (including phenoxy) is 2. The maximum absolute atomic E-state index is 5.23. The number of allylic oxidation sites excluding steroid dienone is 4. The second-order valence-electron chi connectivity index (χ2n) is 3.01. The summed E-state index contributed by atoms with van der Waals surface area (Å²) in [6.07, 6.45) is 10.9. The first-order valence-electron chi connectivity index (χ1n) is 4.41. The molecule has 0 aromatic rings. The number of hydrogen-bond donors (Lipinski definition) is 0. The lowest BCUT2D eigenvalue weighted by atomic mass is 10.1. The molecule has 0 fully saturated rings. The Kier molecular flexibility index (Phi) is 2.31. The topological polar surface area (TPSA) is 21.7 Å². The quantitative estimate of drug-likeness (QED) is 0.659. The Morgan fingerprint density at radius 3 is 2.93 bits per heavy atom. The third-order valence-corrected chi connectivity index (χ3v) is 2.23. The average Bonchev–Trinajstić information content (AvgIpc) is 2.27. The Bertz CT molecular complexity index is 350. The lowest BCUT2D eigenvalue weighted by Crippen LogP contribution is -2.25. The van der Waals surface area contributed by atoms with Gasteiger partial charge in [-0.15, -0.1) is 0 Å². The molecular weight excluding hydrogens is 178 g/mol. The molecule has 2 aliphatic rings. The summed E-state index contributed by atoms with van der Waals surface area (Å²) < 4.78 is 10.5. The molecule has 0 aliphatic carbocycles.